The van der Waals surface area contributed by atoms with E-state index in [4.69, 9.17) is 11.6 Å². The molecule has 3 nitrogen and oxygen atoms in total. The van der Waals surface area contributed by atoms with Crippen LogP contribution in [0.5, 0.6) is 0 Å². The minimum atomic E-state index is 0.340. The number of piperazine rings is 1. The number of carbonyl (C=O) groups excluding carboxylic acids is 1. The van der Waals surface area contributed by atoms with Gasteiger partial charge in [0.2, 0.25) is 5.91 Å². The number of hydrogen-bond donors (Lipinski definition) is 0. The first kappa shape index (κ1) is 16.1. The fraction of sp³-hybridized carbons (Fsp3) is 0.421. The topological polar surface area (TPSA) is 23.6 Å². The molecule has 4 rings (SSSR count). The molecular weight excluding hydrogens is 340 g/mol. The van der Waals surface area contributed by atoms with E-state index in [-0.39, 0.29) is 0 Å². The summed E-state index contributed by atoms with van der Waals surface area (Å²) in [7, 11) is 0. The minimum Gasteiger partial charge on any atom is -0.340 e. The van der Waals surface area contributed by atoms with Crippen molar-refractivity contribution in [3.05, 3.63) is 46.3 Å². The van der Waals surface area contributed by atoms with Gasteiger partial charge in [0.1, 0.15) is 0 Å². The molecule has 0 unspecified atom stereocenters. The highest BCUT2D eigenvalue weighted by atomic mass is 35.5. The highest BCUT2D eigenvalue weighted by molar-refractivity contribution is 7.15. The van der Waals surface area contributed by atoms with E-state index >= 15 is 0 Å². The van der Waals surface area contributed by atoms with Gasteiger partial charge in [-0.15, -0.1) is 11.3 Å². The summed E-state index contributed by atoms with van der Waals surface area (Å²) in [6, 6.07) is 12.4. The quantitative estimate of drug-likeness (QED) is 0.818. The van der Waals surface area contributed by atoms with Gasteiger partial charge in [-0.3, -0.25) is 9.69 Å². The number of amides is 1. The summed E-state index contributed by atoms with van der Waals surface area (Å²) in [5.74, 6) is 0.721. The van der Waals surface area contributed by atoms with Crippen LogP contribution in [0.4, 0.5) is 0 Å². The Bertz CT molecular complexity index is 732. The van der Waals surface area contributed by atoms with Crippen molar-refractivity contribution in [2.75, 3.05) is 26.2 Å². The van der Waals surface area contributed by atoms with Gasteiger partial charge in [0.15, 0.2) is 0 Å². The van der Waals surface area contributed by atoms with Gasteiger partial charge in [-0.25, -0.2) is 0 Å². The number of hydrogen-bond acceptors (Lipinski definition) is 3. The first-order valence-corrected chi connectivity index (χ1v) is 9.75. The Morgan fingerprint density at radius 3 is 2.54 bits per heavy atom. The minimum absolute atomic E-state index is 0.340. The molecule has 0 spiro atoms. The molecule has 1 saturated carbocycles. The normalized spacial score (nSPS) is 18.8. The molecule has 1 saturated heterocycles. The molecule has 2 aliphatic rings. The molecule has 1 aliphatic heterocycles. The maximum Gasteiger partial charge on any atom is 0.225 e. The van der Waals surface area contributed by atoms with Gasteiger partial charge in [0.05, 0.1) is 0 Å². The number of benzene rings is 1. The Labute approximate surface area is 151 Å². The van der Waals surface area contributed by atoms with Crippen LogP contribution in [0.15, 0.2) is 36.4 Å². The average Bonchev–Trinajstić information content (AvgIpc) is 3.35. The SMILES string of the molecule is O=C(C1CC1)N1CCN(Cc2ccc(-c3ccccc3Cl)s2)CC1. The lowest BCUT2D eigenvalue weighted by molar-refractivity contribution is -0.134. The van der Waals surface area contributed by atoms with Crippen LogP contribution in [-0.4, -0.2) is 41.9 Å². The van der Waals surface area contributed by atoms with E-state index in [1.54, 1.807) is 0 Å². The molecule has 126 valence electrons. The fourth-order valence-corrected chi connectivity index (χ4v) is 4.59. The molecule has 2 aromatic rings. The van der Waals surface area contributed by atoms with Crippen molar-refractivity contribution < 1.29 is 4.79 Å². The Morgan fingerprint density at radius 2 is 1.83 bits per heavy atom. The number of thiophene rings is 1. The Morgan fingerprint density at radius 1 is 1.08 bits per heavy atom. The highest BCUT2D eigenvalue weighted by Crippen LogP contribution is 2.34. The summed E-state index contributed by atoms with van der Waals surface area (Å²) in [5, 5.41) is 0.804. The molecule has 1 aromatic heterocycles. The first-order chi connectivity index (χ1) is 11.7. The van der Waals surface area contributed by atoms with Crippen LogP contribution < -0.4 is 0 Å². The largest absolute Gasteiger partial charge is 0.340 e. The second-order valence-corrected chi connectivity index (χ2v) is 8.20. The van der Waals surface area contributed by atoms with Crippen molar-refractivity contribution in [2.45, 2.75) is 19.4 Å². The summed E-state index contributed by atoms with van der Waals surface area (Å²) in [5.41, 5.74) is 1.11. The van der Waals surface area contributed by atoms with Gasteiger partial charge < -0.3 is 4.90 Å². The van der Waals surface area contributed by atoms with E-state index < -0.39 is 0 Å². The predicted molar refractivity (Wildman–Crippen MR) is 99.3 cm³/mol. The van der Waals surface area contributed by atoms with Crippen LogP contribution >= 0.6 is 22.9 Å². The zero-order valence-electron chi connectivity index (χ0n) is 13.6. The molecule has 0 atom stereocenters. The number of carbonyl (C=O) groups is 1. The summed E-state index contributed by atoms with van der Waals surface area (Å²) in [6.45, 7) is 4.65. The van der Waals surface area contributed by atoms with Gasteiger partial charge in [0.25, 0.3) is 0 Å². The third kappa shape index (κ3) is 3.51. The van der Waals surface area contributed by atoms with E-state index in [2.05, 4.69) is 28.0 Å². The predicted octanol–water partition coefficient (Wildman–Crippen LogP) is 4.12. The third-order valence-corrected chi connectivity index (χ3v) is 6.22. The average molecular weight is 361 g/mol. The van der Waals surface area contributed by atoms with Crippen molar-refractivity contribution in [2.24, 2.45) is 5.92 Å². The lowest BCUT2D eigenvalue weighted by Crippen LogP contribution is -2.48. The first-order valence-electron chi connectivity index (χ1n) is 8.55. The molecule has 0 N–H and O–H groups in total. The van der Waals surface area contributed by atoms with Gasteiger partial charge in [-0.05, 0) is 31.0 Å². The molecule has 24 heavy (non-hydrogen) atoms. The van der Waals surface area contributed by atoms with E-state index in [1.165, 1.54) is 9.75 Å². The van der Waals surface area contributed by atoms with Gasteiger partial charge in [-0.2, -0.15) is 0 Å². The lowest BCUT2D eigenvalue weighted by atomic mass is 10.2. The maximum absolute atomic E-state index is 12.1. The van der Waals surface area contributed by atoms with Crippen LogP contribution in [0.2, 0.25) is 5.02 Å². The summed E-state index contributed by atoms with van der Waals surface area (Å²) < 4.78 is 0. The van der Waals surface area contributed by atoms with Gasteiger partial charge in [-0.1, -0.05) is 29.8 Å². The maximum atomic E-state index is 12.1. The van der Waals surface area contributed by atoms with Crippen LogP contribution in [0.25, 0.3) is 10.4 Å². The summed E-state index contributed by atoms with van der Waals surface area (Å²) in [6.07, 6.45) is 2.19. The van der Waals surface area contributed by atoms with E-state index in [0.717, 1.165) is 56.2 Å². The zero-order chi connectivity index (χ0) is 16.5. The number of halogens is 1. The van der Waals surface area contributed by atoms with Crippen LogP contribution in [0.1, 0.15) is 17.7 Å². The zero-order valence-corrected chi connectivity index (χ0v) is 15.2. The van der Waals surface area contributed by atoms with Gasteiger partial charge in [0, 0.05) is 59.0 Å². The molecule has 0 bridgehead atoms. The standard InChI is InChI=1S/C19H21ClN2OS/c20-17-4-2-1-3-16(17)18-8-7-15(24-18)13-21-9-11-22(12-10-21)19(23)14-5-6-14/h1-4,7-8,14H,5-6,9-13H2. The van der Waals surface area contributed by atoms with Crippen LogP contribution in [-0.2, 0) is 11.3 Å². The summed E-state index contributed by atoms with van der Waals surface area (Å²) in [4.78, 5) is 19.2. The molecule has 1 aromatic carbocycles. The van der Waals surface area contributed by atoms with E-state index in [1.807, 2.05) is 29.5 Å². The van der Waals surface area contributed by atoms with E-state index in [0.29, 0.717) is 11.8 Å². The van der Waals surface area contributed by atoms with Crippen LogP contribution in [0, 0.1) is 5.92 Å². The number of rotatable bonds is 4. The van der Waals surface area contributed by atoms with Crippen molar-refractivity contribution in [1.29, 1.82) is 0 Å². The van der Waals surface area contributed by atoms with Crippen molar-refractivity contribution >= 4 is 28.8 Å². The van der Waals surface area contributed by atoms with Crippen molar-refractivity contribution in [3.63, 3.8) is 0 Å². The molecular formula is C19H21ClN2OS. The monoisotopic (exact) mass is 360 g/mol. The molecule has 2 heterocycles. The smallest absolute Gasteiger partial charge is 0.225 e. The van der Waals surface area contributed by atoms with Gasteiger partial charge >= 0.3 is 0 Å². The summed E-state index contributed by atoms with van der Waals surface area (Å²) >= 11 is 8.10. The third-order valence-electron chi connectivity index (χ3n) is 4.79. The molecule has 1 amide bonds. The Balaban J connectivity index is 1.35. The second kappa shape index (κ2) is 6.87. The molecule has 0 radical (unpaired) electrons. The molecule has 5 heteroatoms. The van der Waals surface area contributed by atoms with Crippen LogP contribution in [0.3, 0.4) is 0 Å². The fourth-order valence-electron chi connectivity index (χ4n) is 3.20. The Hall–Kier alpha value is -1.36. The van der Waals surface area contributed by atoms with Crippen molar-refractivity contribution in [1.82, 2.24) is 9.80 Å². The Kier molecular flexibility index (Phi) is 4.61. The highest BCUT2D eigenvalue weighted by Gasteiger charge is 2.34. The number of nitrogens with zero attached hydrogens (tertiary/aromatic N) is 2. The molecule has 2 fully saturated rings. The second-order valence-electron chi connectivity index (χ2n) is 6.62. The van der Waals surface area contributed by atoms with E-state index in [9.17, 15) is 4.79 Å². The van der Waals surface area contributed by atoms with Crippen molar-refractivity contribution in [3.8, 4) is 10.4 Å². The molecule has 1 aliphatic carbocycles. The lowest BCUT2D eigenvalue weighted by Gasteiger charge is -2.34.